The Morgan fingerprint density at radius 2 is 2.00 bits per heavy atom. The second-order valence-electron chi connectivity index (χ2n) is 8.26. The molecule has 0 atom stereocenters. The lowest BCUT2D eigenvalue weighted by Gasteiger charge is -2.39. The van der Waals surface area contributed by atoms with E-state index in [9.17, 15) is 9.59 Å². The molecule has 3 N–H and O–H groups in total. The number of aromatic nitrogens is 3. The zero-order valence-corrected chi connectivity index (χ0v) is 17.3. The van der Waals surface area contributed by atoms with Crippen LogP contribution in [0, 0.1) is 5.92 Å². The Balaban J connectivity index is 1.42. The van der Waals surface area contributed by atoms with Gasteiger partial charge < -0.3 is 29.9 Å². The zero-order chi connectivity index (χ0) is 21.3. The highest BCUT2D eigenvalue weighted by atomic mass is 16.5. The molecule has 0 bridgehead atoms. The van der Waals surface area contributed by atoms with Gasteiger partial charge in [0.1, 0.15) is 17.8 Å². The molecule has 2 saturated heterocycles. The molecule has 0 spiro atoms. The average Bonchev–Trinajstić information content (AvgIpc) is 3.13. The Hall–Kier alpha value is -2.88. The predicted octanol–water partition coefficient (Wildman–Crippen LogP) is 2.01. The van der Waals surface area contributed by atoms with Crippen LogP contribution in [0.4, 0.5) is 10.6 Å². The van der Waals surface area contributed by atoms with Crippen molar-refractivity contribution in [3.05, 3.63) is 18.1 Å². The number of fused-ring (bicyclic) bond motifs is 1. The van der Waals surface area contributed by atoms with Gasteiger partial charge in [-0.15, -0.1) is 0 Å². The molecule has 4 rings (SSSR count). The van der Waals surface area contributed by atoms with Crippen LogP contribution in [0.5, 0.6) is 0 Å². The second-order valence-corrected chi connectivity index (χ2v) is 8.26. The lowest BCUT2D eigenvalue weighted by Crippen LogP contribution is -2.55. The van der Waals surface area contributed by atoms with Crippen LogP contribution in [-0.2, 0) is 4.74 Å². The number of aromatic amines is 1. The molecular formula is C20H28N6O4. The van der Waals surface area contributed by atoms with E-state index in [0.717, 1.165) is 12.8 Å². The molecule has 10 heteroatoms. The molecule has 0 aromatic carbocycles. The van der Waals surface area contributed by atoms with Crippen LogP contribution in [-0.4, -0.2) is 86.8 Å². The highest BCUT2D eigenvalue weighted by molar-refractivity contribution is 6.09. The molecule has 4 heterocycles. The van der Waals surface area contributed by atoms with Gasteiger partial charge in [0.25, 0.3) is 5.91 Å². The minimum Gasteiger partial charge on any atom is -0.465 e. The number of carbonyl (C=O) groups excluding carboxylic acids is 1. The molecule has 2 aromatic heterocycles. The molecule has 2 aliphatic heterocycles. The van der Waals surface area contributed by atoms with Crippen LogP contribution in [0.3, 0.4) is 0 Å². The molecule has 0 unspecified atom stereocenters. The predicted molar refractivity (Wildman–Crippen MR) is 111 cm³/mol. The van der Waals surface area contributed by atoms with Crippen LogP contribution in [0.25, 0.3) is 11.0 Å². The van der Waals surface area contributed by atoms with Gasteiger partial charge in [-0.1, -0.05) is 0 Å². The highest BCUT2D eigenvalue weighted by Crippen LogP contribution is 2.27. The molecule has 30 heavy (non-hydrogen) atoms. The monoisotopic (exact) mass is 416 g/mol. The first-order valence-electron chi connectivity index (χ1n) is 10.4. The van der Waals surface area contributed by atoms with Gasteiger partial charge in [-0.2, -0.15) is 0 Å². The standard InChI is InChI=1S/C20H28N6O4/c1-12(2)30-14-9-26(10-14)19(27)15-8-22-18-16(15)17(23-11-24-18)21-7-13-3-5-25(6-4-13)20(28)29/h8,11-14H,3-7,9-10H2,1-2H3,(H,28,29)(H2,21,22,23,24). The van der Waals surface area contributed by atoms with Crippen molar-refractivity contribution in [2.24, 2.45) is 5.92 Å². The Kier molecular flexibility index (Phi) is 5.76. The maximum absolute atomic E-state index is 13.0. The topological polar surface area (TPSA) is 124 Å². The molecule has 0 aliphatic carbocycles. The van der Waals surface area contributed by atoms with Crippen molar-refractivity contribution in [1.29, 1.82) is 0 Å². The maximum atomic E-state index is 13.0. The van der Waals surface area contributed by atoms with E-state index in [1.807, 2.05) is 13.8 Å². The summed E-state index contributed by atoms with van der Waals surface area (Å²) in [6.07, 6.45) is 4.14. The number of hydrogen-bond donors (Lipinski definition) is 3. The molecule has 2 aliphatic rings. The van der Waals surface area contributed by atoms with Crippen LogP contribution in [0.1, 0.15) is 37.0 Å². The molecule has 10 nitrogen and oxygen atoms in total. The lowest BCUT2D eigenvalue weighted by atomic mass is 9.97. The van der Waals surface area contributed by atoms with Crippen LogP contribution < -0.4 is 5.32 Å². The van der Waals surface area contributed by atoms with E-state index in [1.54, 1.807) is 11.1 Å². The van der Waals surface area contributed by atoms with Crippen molar-refractivity contribution >= 4 is 28.9 Å². The quantitative estimate of drug-likeness (QED) is 0.658. The van der Waals surface area contributed by atoms with E-state index < -0.39 is 6.09 Å². The second kappa shape index (κ2) is 8.47. The Bertz CT molecular complexity index is 915. The highest BCUT2D eigenvalue weighted by Gasteiger charge is 2.34. The van der Waals surface area contributed by atoms with Crippen LogP contribution >= 0.6 is 0 Å². The molecule has 2 amide bonds. The first kappa shape index (κ1) is 20.4. The number of carboxylic acid groups (broad SMARTS) is 1. The van der Waals surface area contributed by atoms with Crippen molar-refractivity contribution in [2.75, 3.05) is 38.0 Å². The molecule has 0 radical (unpaired) electrons. The fourth-order valence-electron chi connectivity index (χ4n) is 4.08. The average molecular weight is 416 g/mol. The van der Waals surface area contributed by atoms with E-state index in [0.29, 0.717) is 61.1 Å². The smallest absolute Gasteiger partial charge is 0.407 e. The number of nitrogens with zero attached hydrogens (tertiary/aromatic N) is 4. The van der Waals surface area contributed by atoms with Gasteiger partial charge in [-0.05, 0) is 32.6 Å². The SMILES string of the molecule is CC(C)OC1CN(C(=O)c2c[nH]c3ncnc(NCC4CCN(C(=O)O)CC4)c23)C1. The van der Waals surface area contributed by atoms with Gasteiger partial charge in [0.05, 0.1) is 23.2 Å². The van der Waals surface area contributed by atoms with E-state index >= 15 is 0 Å². The number of piperidine rings is 1. The number of nitrogens with one attached hydrogen (secondary N) is 2. The van der Waals surface area contributed by atoms with Crippen molar-refractivity contribution in [3.63, 3.8) is 0 Å². The molecule has 2 aromatic rings. The largest absolute Gasteiger partial charge is 0.465 e. The fourth-order valence-corrected chi connectivity index (χ4v) is 4.08. The van der Waals surface area contributed by atoms with E-state index in [1.165, 1.54) is 11.2 Å². The fraction of sp³-hybridized carbons (Fsp3) is 0.600. The minimum absolute atomic E-state index is 0.0579. The summed E-state index contributed by atoms with van der Waals surface area (Å²) < 4.78 is 5.74. The lowest BCUT2D eigenvalue weighted by molar-refractivity contribution is -0.0683. The van der Waals surface area contributed by atoms with Crippen molar-refractivity contribution in [2.45, 2.75) is 38.9 Å². The summed E-state index contributed by atoms with van der Waals surface area (Å²) in [4.78, 5) is 39.0. The van der Waals surface area contributed by atoms with Gasteiger partial charge in [0.15, 0.2) is 0 Å². The first-order chi connectivity index (χ1) is 14.4. The summed E-state index contributed by atoms with van der Waals surface area (Å²) in [5, 5.41) is 13.1. The number of anilines is 1. The van der Waals surface area contributed by atoms with Crippen molar-refractivity contribution in [3.8, 4) is 0 Å². The number of ether oxygens (including phenoxy) is 1. The normalized spacial score (nSPS) is 18.1. The third kappa shape index (κ3) is 4.18. The summed E-state index contributed by atoms with van der Waals surface area (Å²) in [5.41, 5.74) is 1.17. The summed E-state index contributed by atoms with van der Waals surface area (Å²) >= 11 is 0. The van der Waals surface area contributed by atoms with E-state index in [2.05, 4.69) is 20.3 Å². The number of rotatable bonds is 6. The molecule has 0 saturated carbocycles. The van der Waals surface area contributed by atoms with E-state index in [-0.39, 0.29) is 18.1 Å². The Labute approximate surface area is 174 Å². The Morgan fingerprint density at radius 3 is 2.67 bits per heavy atom. The van der Waals surface area contributed by atoms with Gasteiger partial charge in [0, 0.05) is 38.9 Å². The third-order valence-electron chi connectivity index (χ3n) is 5.74. The Morgan fingerprint density at radius 1 is 1.27 bits per heavy atom. The molecule has 162 valence electrons. The summed E-state index contributed by atoms with van der Waals surface area (Å²) in [6.45, 7) is 6.92. The van der Waals surface area contributed by atoms with Crippen LogP contribution in [0.2, 0.25) is 0 Å². The van der Waals surface area contributed by atoms with Gasteiger partial charge in [-0.25, -0.2) is 14.8 Å². The number of amides is 2. The summed E-state index contributed by atoms with van der Waals surface area (Å²) in [5.74, 6) is 0.922. The number of hydrogen-bond acceptors (Lipinski definition) is 6. The number of H-pyrrole nitrogens is 1. The molecular weight excluding hydrogens is 388 g/mol. The third-order valence-corrected chi connectivity index (χ3v) is 5.74. The van der Waals surface area contributed by atoms with Crippen LogP contribution in [0.15, 0.2) is 12.5 Å². The van der Waals surface area contributed by atoms with Gasteiger partial charge in [0.2, 0.25) is 0 Å². The molecule has 2 fully saturated rings. The minimum atomic E-state index is -0.860. The number of likely N-dealkylation sites (tertiary alicyclic amines) is 2. The van der Waals surface area contributed by atoms with Crippen molar-refractivity contribution in [1.82, 2.24) is 24.8 Å². The maximum Gasteiger partial charge on any atom is 0.407 e. The first-order valence-corrected chi connectivity index (χ1v) is 10.4. The number of carbonyl (C=O) groups is 2. The zero-order valence-electron chi connectivity index (χ0n) is 17.3. The van der Waals surface area contributed by atoms with Gasteiger partial charge >= 0.3 is 6.09 Å². The van der Waals surface area contributed by atoms with Crippen molar-refractivity contribution < 1.29 is 19.4 Å². The summed E-state index contributed by atoms with van der Waals surface area (Å²) in [6, 6.07) is 0. The van der Waals surface area contributed by atoms with E-state index in [4.69, 9.17) is 9.84 Å². The van der Waals surface area contributed by atoms with Gasteiger partial charge in [-0.3, -0.25) is 4.79 Å². The summed E-state index contributed by atoms with van der Waals surface area (Å²) in [7, 11) is 0.